The number of nitrogens with zero attached hydrogens (tertiary/aromatic N) is 2. The van der Waals surface area contributed by atoms with Gasteiger partial charge in [-0.1, -0.05) is 11.6 Å². The molecule has 0 radical (unpaired) electrons. The van der Waals surface area contributed by atoms with E-state index < -0.39 is 0 Å². The van der Waals surface area contributed by atoms with Crippen LogP contribution in [0.1, 0.15) is 31.4 Å². The Hall–Kier alpha value is -1.09. The monoisotopic (exact) mass is 205 g/mol. The van der Waals surface area contributed by atoms with Crippen molar-refractivity contribution in [3.8, 4) is 0 Å². The SMILES string of the molecule is Cn1nccc1CNCCC1=CCCC1. The van der Waals surface area contributed by atoms with Gasteiger partial charge in [-0.15, -0.1) is 0 Å². The molecule has 0 saturated heterocycles. The van der Waals surface area contributed by atoms with Crippen molar-refractivity contribution in [2.45, 2.75) is 32.2 Å². The molecule has 0 spiro atoms. The van der Waals surface area contributed by atoms with Crippen molar-refractivity contribution in [3.05, 3.63) is 29.6 Å². The first-order valence-corrected chi connectivity index (χ1v) is 5.72. The maximum Gasteiger partial charge on any atom is 0.0518 e. The largest absolute Gasteiger partial charge is 0.311 e. The average molecular weight is 205 g/mol. The normalized spacial score (nSPS) is 15.7. The zero-order valence-electron chi connectivity index (χ0n) is 9.37. The van der Waals surface area contributed by atoms with Crippen LogP contribution in [0.2, 0.25) is 0 Å². The van der Waals surface area contributed by atoms with E-state index in [9.17, 15) is 0 Å². The number of hydrogen-bond donors (Lipinski definition) is 1. The molecule has 3 nitrogen and oxygen atoms in total. The molecule has 1 aromatic rings. The van der Waals surface area contributed by atoms with Gasteiger partial charge in [0.15, 0.2) is 0 Å². The van der Waals surface area contributed by atoms with Crippen LogP contribution in [-0.2, 0) is 13.6 Å². The number of hydrogen-bond acceptors (Lipinski definition) is 2. The molecule has 1 heterocycles. The van der Waals surface area contributed by atoms with Gasteiger partial charge in [0, 0.05) is 19.8 Å². The Labute approximate surface area is 91.2 Å². The van der Waals surface area contributed by atoms with Crippen molar-refractivity contribution in [1.29, 1.82) is 0 Å². The lowest BCUT2D eigenvalue weighted by Crippen LogP contribution is -2.17. The van der Waals surface area contributed by atoms with E-state index in [4.69, 9.17) is 0 Å². The molecule has 0 amide bonds. The molecular weight excluding hydrogens is 186 g/mol. The summed E-state index contributed by atoms with van der Waals surface area (Å²) in [7, 11) is 1.98. The van der Waals surface area contributed by atoms with Crippen LogP contribution < -0.4 is 5.32 Å². The Bertz CT molecular complexity index is 338. The predicted molar refractivity (Wildman–Crippen MR) is 61.5 cm³/mol. The van der Waals surface area contributed by atoms with Gasteiger partial charge < -0.3 is 5.32 Å². The highest BCUT2D eigenvalue weighted by Crippen LogP contribution is 2.19. The Morgan fingerprint density at radius 3 is 3.13 bits per heavy atom. The average Bonchev–Trinajstić information content (AvgIpc) is 2.85. The van der Waals surface area contributed by atoms with Crippen LogP contribution in [0.3, 0.4) is 0 Å². The van der Waals surface area contributed by atoms with Crippen molar-refractivity contribution < 1.29 is 0 Å². The molecule has 0 bridgehead atoms. The zero-order valence-corrected chi connectivity index (χ0v) is 9.37. The second kappa shape index (κ2) is 5.12. The molecule has 0 atom stereocenters. The van der Waals surface area contributed by atoms with E-state index in [-0.39, 0.29) is 0 Å². The van der Waals surface area contributed by atoms with Crippen LogP contribution in [-0.4, -0.2) is 16.3 Å². The first-order chi connectivity index (χ1) is 7.36. The first-order valence-electron chi connectivity index (χ1n) is 5.72. The van der Waals surface area contributed by atoms with E-state index in [2.05, 4.69) is 22.6 Å². The van der Waals surface area contributed by atoms with Gasteiger partial charge in [-0.05, 0) is 38.3 Å². The maximum atomic E-state index is 4.14. The van der Waals surface area contributed by atoms with Crippen molar-refractivity contribution in [2.24, 2.45) is 7.05 Å². The van der Waals surface area contributed by atoms with Gasteiger partial charge in [0.1, 0.15) is 0 Å². The Kier molecular flexibility index (Phi) is 3.56. The fourth-order valence-corrected chi connectivity index (χ4v) is 2.00. The van der Waals surface area contributed by atoms with Crippen LogP contribution >= 0.6 is 0 Å². The van der Waals surface area contributed by atoms with Gasteiger partial charge in [0.05, 0.1) is 5.69 Å². The number of allylic oxidation sites excluding steroid dienone is 1. The molecular formula is C12H19N3. The quantitative estimate of drug-likeness (QED) is 0.588. The summed E-state index contributed by atoms with van der Waals surface area (Å²) in [5, 5.41) is 7.59. The lowest BCUT2D eigenvalue weighted by atomic mass is 10.2. The Morgan fingerprint density at radius 2 is 2.47 bits per heavy atom. The third-order valence-corrected chi connectivity index (χ3v) is 2.99. The van der Waals surface area contributed by atoms with Crippen LogP contribution in [0, 0.1) is 0 Å². The molecule has 15 heavy (non-hydrogen) atoms. The summed E-state index contributed by atoms with van der Waals surface area (Å²) in [6.45, 7) is 2.00. The van der Waals surface area contributed by atoms with E-state index in [1.54, 1.807) is 5.57 Å². The summed E-state index contributed by atoms with van der Waals surface area (Å²) < 4.78 is 1.92. The first kappa shape index (κ1) is 10.4. The molecule has 0 fully saturated rings. The highest BCUT2D eigenvalue weighted by Gasteiger charge is 2.03. The Morgan fingerprint density at radius 1 is 1.53 bits per heavy atom. The van der Waals surface area contributed by atoms with Gasteiger partial charge >= 0.3 is 0 Å². The van der Waals surface area contributed by atoms with E-state index in [0.29, 0.717) is 0 Å². The fourth-order valence-electron chi connectivity index (χ4n) is 2.00. The second-order valence-corrected chi connectivity index (χ2v) is 4.13. The molecule has 3 heteroatoms. The second-order valence-electron chi connectivity index (χ2n) is 4.13. The fraction of sp³-hybridized carbons (Fsp3) is 0.583. The minimum absolute atomic E-state index is 0.920. The molecule has 2 rings (SSSR count). The van der Waals surface area contributed by atoms with Gasteiger partial charge in [-0.2, -0.15) is 5.10 Å². The number of aryl methyl sites for hydroxylation is 1. The standard InChI is InChI=1S/C12H19N3/c1-15-12(7-9-14-15)10-13-8-6-11-4-2-3-5-11/h4,7,9,13H,2-3,5-6,8,10H2,1H3. The van der Waals surface area contributed by atoms with Gasteiger partial charge in [-0.3, -0.25) is 4.68 Å². The summed E-state index contributed by atoms with van der Waals surface area (Å²) in [5.74, 6) is 0. The number of rotatable bonds is 5. The smallest absolute Gasteiger partial charge is 0.0518 e. The van der Waals surface area contributed by atoms with Crippen LogP contribution in [0.25, 0.3) is 0 Å². The predicted octanol–water partition coefficient (Wildman–Crippen LogP) is 2.01. The van der Waals surface area contributed by atoms with Crippen molar-refractivity contribution in [2.75, 3.05) is 6.54 Å². The third-order valence-electron chi connectivity index (χ3n) is 2.99. The topological polar surface area (TPSA) is 29.9 Å². The molecule has 1 aliphatic rings. The van der Waals surface area contributed by atoms with Gasteiger partial charge in [0.2, 0.25) is 0 Å². The van der Waals surface area contributed by atoms with E-state index in [1.807, 2.05) is 17.9 Å². The Balaban J connectivity index is 1.65. The van der Waals surface area contributed by atoms with Crippen molar-refractivity contribution >= 4 is 0 Å². The molecule has 82 valence electrons. The summed E-state index contributed by atoms with van der Waals surface area (Å²) in [6.07, 6.45) is 9.40. The van der Waals surface area contributed by atoms with Gasteiger partial charge in [0.25, 0.3) is 0 Å². The zero-order chi connectivity index (χ0) is 10.5. The lowest BCUT2D eigenvalue weighted by Gasteiger charge is -2.05. The summed E-state index contributed by atoms with van der Waals surface area (Å²) >= 11 is 0. The highest BCUT2D eigenvalue weighted by molar-refractivity contribution is 5.07. The molecule has 1 aliphatic carbocycles. The van der Waals surface area contributed by atoms with Crippen molar-refractivity contribution in [1.82, 2.24) is 15.1 Å². The minimum atomic E-state index is 0.920. The van der Waals surface area contributed by atoms with E-state index in [1.165, 1.54) is 31.4 Å². The molecule has 0 unspecified atom stereocenters. The number of nitrogens with one attached hydrogen (secondary N) is 1. The van der Waals surface area contributed by atoms with E-state index >= 15 is 0 Å². The van der Waals surface area contributed by atoms with Crippen LogP contribution in [0.15, 0.2) is 23.9 Å². The molecule has 0 aliphatic heterocycles. The van der Waals surface area contributed by atoms with Crippen molar-refractivity contribution in [3.63, 3.8) is 0 Å². The van der Waals surface area contributed by atoms with Gasteiger partial charge in [-0.25, -0.2) is 0 Å². The highest BCUT2D eigenvalue weighted by atomic mass is 15.3. The number of aromatic nitrogens is 2. The lowest BCUT2D eigenvalue weighted by molar-refractivity contribution is 0.621. The molecule has 1 N–H and O–H groups in total. The molecule has 0 aromatic carbocycles. The molecule has 1 aromatic heterocycles. The van der Waals surface area contributed by atoms with E-state index in [0.717, 1.165) is 13.1 Å². The summed E-state index contributed by atoms with van der Waals surface area (Å²) in [6, 6.07) is 2.06. The third kappa shape index (κ3) is 2.93. The minimum Gasteiger partial charge on any atom is -0.311 e. The molecule has 0 saturated carbocycles. The van der Waals surface area contributed by atoms with Crippen LogP contribution in [0.4, 0.5) is 0 Å². The summed E-state index contributed by atoms with van der Waals surface area (Å²) in [5.41, 5.74) is 2.88. The van der Waals surface area contributed by atoms with Crippen LogP contribution in [0.5, 0.6) is 0 Å². The summed E-state index contributed by atoms with van der Waals surface area (Å²) in [4.78, 5) is 0. The maximum absolute atomic E-state index is 4.14.